The van der Waals surface area contributed by atoms with E-state index in [1.54, 1.807) is 18.3 Å². The van der Waals surface area contributed by atoms with Gasteiger partial charge in [0.1, 0.15) is 11.6 Å². The third-order valence-corrected chi connectivity index (χ3v) is 4.13. The van der Waals surface area contributed by atoms with Crippen LogP contribution in [-0.2, 0) is 6.54 Å². The van der Waals surface area contributed by atoms with E-state index < -0.39 is 0 Å². The van der Waals surface area contributed by atoms with Gasteiger partial charge < -0.3 is 9.30 Å². The molecule has 3 nitrogen and oxygen atoms in total. The highest BCUT2D eigenvalue weighted by atomic mass is 35.5. The van der Waals surface area contributed by atoms with Gasteiger partial charge in [-0.05, 0) is 48.4 Å². The first-order valence-corrected chi connectivity index (χ1v) is 8.18. The van der Waals surface area contributed by atoms with Crippen LogP contribution in [0.3, 0.4) is 0 Å². The molecule has 0 aliphatic rings. The van der Waals surface area contributed by atoms with Gasteiger partial charge in [-0.1, -0.05) is 23.7 Å². The Bertz CT molecular complexity index is 742. The van der Waals surface area contributed by atoms with Crippen molar-refractivity contribution in [1.29, 1.82) is 0 Å². The molecule has 124 valence electrons. The summed E-state index contributed by atoms with van der Waals surface area (Å²) in [7, 11) is 0. The summed E-state index contributed by atoms with van der Waals surface area (Å²) in [6.45, 7) is 1.36. The molecule has 5 heteroatoms. The maximum atomic E-state index is 12.9. The predicted molar refractivity (Wildman–Crippen MR) is 92.9 cm³/mol. The molecule has 1 aromatic heterocycles. The molecule has 2 aromatic carbocycles. The van der Waals surface area contributed by atoms with Crippen LogP contribution in [0.25, 0.3) is 0 Å². The summed E-state index contributed by atoms with van der Waals surface area (Å²) >= 11 is 5.99. The number of ether oxygens (including phenoxy) is 1. The lowest BCUT2D eigenvalue weighted by atomic mass is 9.96. The molecular weight excluding hydrogens is 327 g/mol. The third-order valence-electron chi connectivity index (χ3n) is 3.88. The molecule has 0 spiro atoms. The van der Waals surface area contributed by atoms with E-state index in [0.717, 1.165) is 18.0 Å². The molecule has 1 unspecified atom stereocenters. The van der Waals surface area contributed by atoms with Gasteiger partial charge in [0.25, 0.3) is 0 Å². The lowest BCUT2D eigenvalue weighted by Gasteiger charge is -2.18. The second-order valence-corrected chi connectivity index (χ2v) is 6.04. The van der Waals surface area contributed by atoms with Crippen molar-refractivity contribution < 1.29 is 9.13 Å². The van der Waals surface area contributed by atoms with Gasteiger partial charge in [0, 0.05) is 29.9 Å². The van der Waals surface area contributed by atoms with E-state index in [-0.39, 0.29) is 11.7 Å². The quantitative estimate of drug-likeness (QED) is 0.607. The van der Waals surface area contributed by atoms with Gasteiger partial charge in [-0.15, -0.1) is 0 Å². The third kappa shape index (κ3) is 4.59. The van der Waals surface area contributed by atoms with E-state index in [1.807, 2.05) is 36.8 Å². The van der Waals surface area contributed by atoms with Gasteiger partial charge >= 0.3 is 0 Å². The van der Waals surface area contributed by atoms with Crippen LogP contribution in [0.15, 0.2) is 67.3 Å². The maximum absolute atomic E-state index is 12.9. The molecule has 0 aliphatic heterocycles. The fourth-order valence-corrected chi connectivity index (χ4v) is 2.72. The number of rotatable bonds is 7. The molecule has 1 atom stereocenters. The average molecular weight is 345 g/mol. The van der Waals surface area contributed by atoms with Crippen LogP contribution in [0.1, 0.15) is 17.9 Å². The topological polar surface area (TPSA) is 27.1 Å². The molecule has 24 heavy (non-hydrogen) atoms. The van der Waals surface area contributed by atoms with E-state index >= 15 is 0 Å². The zero-order chi connectivity index (χ0) is 16.8. The van der Waals surface area contributed by atoms with Crippen molar-refractivity contribution >= 4 is 11.6 Å². The Kier molecular flexibility index (Phi) is 5.49. The van der Waals surface area contributed by atoms with Crippen LogP contribution in [0.4, 0.5) is 4.39 Å². The van der Waals surface area contributed by atoms with Gasteiger partial charge in [-0.3, -0.25) is 0 Å². The Balaban J connectivity index is 1.65. The van der Waals surface area contributed by atoms with Crippen molar-refractivity contribution in [3.05, 3.63) is 83.7 Å². The molecule has 0 bridgehead atoms. The number of aromatic nitrogens is 2. The van der Waals surface area contributed by atoms with E-state index in [0.29, 0.717) is 12.4 Å². The molecule has 1 heterocycles. The molecule has 3 rings (SSSR count). The molecule has 0 fully saturated rings. The Morgan fingerprint density at radius 2 is 1.83 bits per heavy atom. The number of imidazole rings is 1. The second kappa shape index (κ2) is 7.97. The smallest absolute Gasteiger partial charge is 0.123 e. The van der Waals surface area contributed by atoms with Gasteiger partial charge in [-0.2, -0.15) is 0 Å². The molecule has 0 saturated heterocycles. The van der Waals surface area contributed by atoms with E-state index in [4.69, 9.17) is 16.3 Å². The summed E-state index contributed by atoms with van der Waals surface area (Å²) in [4.78, 5) is 4.09. The highest BCUT2D eigenvalue weighted by molar-refractivity contribution is 6.30. The molecule has 0 aliphatic carbocycles. The first-order valence-electron chi connectivity index (χ1n) is 7.80. The standard InChI is InChI=1S/C19H18ClFN2O/c20-17-3-1-15(2-4-17)16(13-23-11-10-22-14-23)9-12-24-19-7-5-18(21)6-8-19/h1-8,10-11,14,16H,9,12-13H2. The fourth-order valence-electron chi connectivity index (χ4n) is 2.60. The Labute approximate surface area is 145 Å². The van der Waals surface area contributed by atoms with E-state index in [1.165, 1.54) is 17.7 Å². The van der Waals surface area contributed by atoms with Gasteiger partial charge in [0.2, 0.25) is 0 Å². The molecule has 0 N–H and O–H groups in total. The minimum atomic E-state index is -0.263. The van der Waals surface area contributed by atoms with Crippen LogP contribution in [-0.4, -0.2) is 16.2 Å². The van der Waals surface area contributed by atoms with Crippen LogP contribution >= 0.6 is 11.6 Å². The number of nitrogens with zero attached hydrogens (tertiary/aromatic N) is 2. The Morgan fingerprint density at radius 1 is 1.08 bits per heavy atom. The first kappa shape index (κ1) is 16.5. The van der Waals surface area contributed by atoms with Crippen molar-refractivity contribution in [1.82, 2.24) is 9.55 Å². The highest BCUT2D eigenvalue weighted by Crippen LogP contribution is 2.24. The Hall–Kier alpha value is -2.33. The second-order valence-electron chi connectivity index (χ2n) is 5.60. The van der Waals surface area contributed by atoms with Crippen molar-refractivity contribution in [2.45, 2.75) is 18.9 Å². The summed E-state index contributed by atoms with van der Waals surface area (Å²) in [6, 6.07) is 14.0. The van der Waals surface area contributed by atoms with Crippen LogP contribution < -0.4 is 4.74 Å². The molecule has 0 radical (unpaired) electrons. The number of benzene rings is 2. The summed E-state index contributed by atoms with van der Waals surface area (Å²) in [5, 5.41) is 0.725. The van der Waals surface area contributed by atoms with Gasteiger partial charge in [0.15, 0.2) is 0 Å². The first-order chi connectivity index (χ1) is 11.7. The van der Waals surface area contributed by atoms with Crippen molar-refractivity contribution in [3.8, 4) is 5.75 Å². The van der Waals surface area contributed by atoms with Crippen LogP contribution in [0.5, 0.6) is 5.75 Å². The summed E-state index contributed by atoms with van der Waals surface area (Å²) < 4.78 is 20.7. The van der Waals surface area contributed by atoms with Gasteiger partial charge in [0.05, 0.1) is 12.9 Å². The number of hydrogen-bond donors (Lipinski definition) is 0. The minimum Gasteiger partial charge on any atom is -0.494 e. The zero-order valence-electron chi connectivity index (χ0n) is 13.1. The van der Waals surface area contributed by atoms with E-state index in [2.05, 4.69) is 9.55 Å². The molecular formula is C19H18ClFN2O. The summed E-state index contributed by atoms with van der Waals surface area (Å²) in [5.41, 5.74) is 1.20. The van der Waals surface area contributed by atoms with Crippen LogP contribution in [0.2, 0.25) is 5.02 Å². The lowest BCUT2D eigenvalue weighted by molar-refractivity contribution is 0.290. The minimum absolute atomic E-state index is 0.263. The van der Waals surface area contributed by atoms with Crippen LogP contribution in [0, 0.1) is 5.82 Å². The predicted octanol–water partition coefficient (Wildman–Crippen LogP) is 4.93. The highest BCUT2D eigenvalue weighted by Gasteiger charge is 2.13. The zero-order valence-corrected chi connectivity index (χ0v) is 13.9. The normalized spacial score (nSPS) is 12.1. The maximum Gasteiger partial charge on any atom is 0.123 e. The van der Waals surface area contributed by atoms with Gasteiger partial charge in [-0.25, -0.2) is 9.37 Å². The van der Waals surface area contributed by atoms with Crippen molar-refractivity contribution in [3.63, 3.8) is 0 Å². The number of halogens is 2. The fraction of sp³-hybridized carbons (Fsp3) is 0.211. The summed E-state index contributed by atoms with van der Waals surface area (Å²) in [5.74, 6) is 0.687. The average Bonchev–Trinajstić information content (AvgIpc) is 3.10. The number of hydrogen-bond acceptors (Lipinski definition) is 2. The monoisotopic (exact) mass is 344 g/mol. The molecule has 3 aromatic rings. The molecule has 0 amide bonds. The Morgan fingerprint density at radius 3 is 2.50 bits per heavy atom. The summed E-state index contributed by atoms with van der Waals surface area (Å²) in [6.07, 6.45) is 6.36. The van der Waals surface area contributed by atoms with Crippen molar-refractivity contribution in [2.24, 2.45) is 0 Å². The van der Waals surface area contributed by atoms with Crippen molar-refractivity contribution in [2.75, 3.05) is 6.61 Å². The largest absolute Gasteiger partial charge is 0.494 e. The SMILES string of the molecule is Fc1ccc(OCCC(Cn2ccnc2)c2ccc(Cl)cc2)cc1. The van der Waals surface area contributed by atoms with E-state index in [9.17, 15) is 4.39 Å². The molecule has 0 saturated carbocycles. The lowest BCUT2D eigenvalue weighted by Crippen LogP contribution is -2.12.